The predicted octanol–water partition coefficient (Wildman–Crippen LogP) is 5.80. The van der Waals surface area contributed by atoms with Gasteiger partial charge in [-0.25, -0.2) is 24.3 Å². The molecule has 2 nitrogen and oxygen atoms in total. The summed E-state index contributed by atoms with van der Waals surface area (Å²) in [4.78, 5) is 0. The molecule has 4 rings (SSSR count). The monoisotopic (exact) mass is 392 g/mol. The van der Waals surface area contributed by atoms with Crippen molar-refractivity contribution in [3.05, 3.63) is 121 Å². The molecule has 0 aromatic heterocycles. The number of ether oxygens (including phenoxy) is 2. The van der Waals surface area contributed by atoms with Crippen LogP contribution in [-0.2, 0) is 21.7 Å². The van der Waals surface area contributed by atoms with Crippen molar-refractivity contribution in [1.82, 2.24) is 0 Å². The van der Waals surface area contributed by atoms with Crippen LogP contribution in [0.1, 0.15) is 0 Å². The maximum Gasteiger partial charge on any atom is 4.00 e. The number of rotatable bonds is 2. The first-order chi connectivity index (χ1) is 12.9. The van der Waals surface area contributed by atoms with Crippen molar-refractivity contribution in [2.75, 3.05) is 14.2 Å². The van der Waals surface area contributed by atoms with Crippen LogP contribution in [-0.4, -0.2) is 14.2 Å². The molecule has 0 saturated carbocycles. The van der Waals surface area contributed by atoms with Crippen LogP contribution in [0.25, 0.3) is 0 Å². The average Bonchev–Trinajstić information content (AvgIpc) is 3.48. The van der Waals surface area contributed by atoms with E-state index in [0.717, 1.165) is 11.5 Å². The molecule has 0 atom stereocenters. The van der Waals surface area contributed by atoms with E-state index in [1.54, 1.807) is 14.2 Å². The molecule has 0 amide bonds. The Morgan fingerprint density at radius 3 is 1.04 bits per heavy atom. The molecular formula is C24H24O2Ti. The second-order valence-electron chi connectivity index (χ2n) is 4.80. The molecule has 3 heteroatoms. The molecule has 0 spiro atoms. The molecule has 0 heterocycles. The second kappa shape index (κ2) is 18.3. The quantitative estimate of drug-likeness (QED) is 0.317. The van der Waals surface area contributed by atoms with Crippen LogP contribution in [0.4, 0.5) is 0 Å². The fourth-order valence-electron chi connectivity index (χ4n) is 1.66. The van der Waals surface area contributed by atoms with Crippen LogP contribution in [0.3, 0.4) is 0 Å². The van der Waals surface area contributed by atoms with Gasteiger partial charge in [-0.2, -0.15) is 72.8 Å². The van der Waals surface area contributed by atoms with Crippen molar-refractivity contribution < 1.29 is 31.2 Å². The Kier molecular flexibility index (Phi) is 16.5. The molecule has 0 aliphatic heterocycles. The zero-order valence-corrected chi connectivity index (χ0v) is 17.3. The third-order valence-corrected chi connectivity index (χ3v) is 2.96. The molecule has 0 fully saturated rings. The van der Waals surface area contributed by atoms with E-state index in [1.165, 1.54) is 0 Å². The van der Waals surface area contributed by atoms with Gasteiger partial charge in [-0.3, -0.25) is 0 Å². The minimum absolute atomic E-state index is 0. The van der Waals surface area contributed by atoms with Crippen molar-refractivity contribution in [1.29, 1.82) is 0 Å². The van der Waals surface area contributed by atoms with E-state index in [4.69, 9.17) is 9.47 Å². The molecule has 136 valence electrons. The number of hydrogen-bond donors (Lipinski definition) is 0. The number of benzene rings is 2. The summed E-state index contributed by atoms with van der Waals surface area (Å²) >= 11 is 0. The molecule has 0 unspecified atom stereocenters. The van der Waals surface area contributed by atoms with Crippen molar-refractivity contribution in [2.45, 2.75) is 0 Å². The SMILES string of the molecule is COc1cc[c-]cc1.COc1cc[c-]cc1.[Ti+4].c1cc[cH-]c1.c1cc[cH-]c1. The molecule has 4 aromatic rings. The summed E-state index contributed by atoms with van der Waals surface area (Å²) in [5.74, 6) is 1.76. The van der Waals surface area contributed by atoms with E-state index in [1.807, 2.05) is 109 Å². The zero-order valence-electron chi connectivity index (χ0n) is 15.7. The van der Waals surface area contributed by atoms with Gasteiger partial charge in [0.2, 0.25) is 0 Å². The standard InChI is InChI=1S/2C7H7O.2C5H5.Ti/c2*1-8-7-5-3-2-4-6-7;2*1-2-4-5-3-1;/h2*3-6H,1H3;2*1-5H;/q4*-1;+4. The van der Waals surface area contributed by atoms with Crippen LogP contribution >= 0.6 is 0 Å². The summed E-state index contributed by atoms with van der Waals surface area (Å²) in [5, 5.41) is 0. The largest absolute Gasteiger partial charge is 4.00 e. The van der Waals surface area contributed by atoms with Gasteiger partial charge in [0.1, 0.15) is 0 Å². The third kappa shape index (κ3) is 14.3. The van der Waals surface area contributed by atoms with Gasteiger partial charge >= 0.3 is 21.7 Å². The Morgan fingerprint density at radius 2 is 0.889 bits per heavy atom. The van der Waals surface area contributed by atoms with E-state index in [2.05, 4.69) is 12.1 Å². The van der Waals surface area contributed by atoms with Gasteiger partial charge in [-0.15, -0.1) is 24.3 Å². The first kappa shape index (κ1) is 24.5. The fraction of sp³-hybridized carbons (Fsp3) is 0.0833. The Bertz CT molecular complexity index is 606. The van der Waals surface area contributed by atoms with Gasteiger partial charge in [0.15, 0.2) is 0 Å². The summed E-state index contributed by atoms with van der Waals surface area (Å²) in [5.41, 5.74) is 0. The van der Waals surface area contributed by atoms with Crippen LogP contribution in [0.15, 0.2) is 109 Å². The predicted molar refractivity (Wildman–Crippen MR) is 108 cm³/mol. The summed E-state index contributed by atoms with van der Waals surface area (Å²) in [6, 6.07) is 40.5. The van der Waals surface area contributed by atoms with E-state index in [9.17, 15) is 0 Å². The van der Waals surface area contributed by atoms with Crippen molar-refractivity contribution in [3.8, 4) is 11.5 Å². The van der Waals surface area contributed by atoms with Crippen molar-refractivity contribution in [3.63, 3.8) is 0 Å². The van der Waals surface area contributed by atoms with Gasteiger partial charge in [0, 0.05) is 11.5 Å². The molecule has 0 N–H and O–H groups in total. The summed E-state index contributed by atoms with van der Waals surface area (Å²) in [6.45, 7) is 0. The minimum Gasteiger partial charge on any atom is -0.522 e. The minimum atomic E-state index is 0. The van der Waals surface area contributed by atoms with Gasteiger partial charge in [-0.05, 0) is 0 Å². The first-order valence-electron chi connectivity index (χ1n) is 8.20. The zero-order chi connectivity index (χ0) is 18.7. The Labute approximate surface area is 178 Å². The molecule has 27 heavy (non-hydrogen) atoms. The molecular weight excluding hydrogens is 368 g/mol. The van der Waals surface area contributed by atoms with Crippen LogP contribution in [0.5, 0.6) is 11.5 Å². The molecule has 0 aliphatic rings. The number of methoxy groups -OCH3 is 2. The summed E-state index contributed by atoms with van der Waals surface area (Å²) in [6.07, 6.45) is 0. The summed E-state index contributed by atoms with van der Waals surface area (Å²) < 4.78 is 9.79. The van der Waals surface area contributed by atoms with E-state index in [-0.39, 0.29) is 21.7 Å². The summed E-state index contributed by atoms with van der Waals surface area (Å²) in [7, 11) is 3.30. The molecule has 0 bridgehead atoms. The van der Waals surface area contributed by atoms with Gasteiger partial charge in [0.05, 0.1) is 14.2 Å². The van der Waals surface area contributed by atoms with E-state index in [0.29, 0.717) is 0 Å². The van der Waals surface area contributed by atoms with Crippen LogP contribution in [0.2, 0.25) is 0 Å². The molecule has 0 saturated heterocycles. The Morgan fingerprint density at radius 1 is 0.593 bits per heavy atom. The number of hydrogen-bond acceptors (Lipinski definition) is 2. The van der Waals surface area contributed by atoms with Crippen LogP contribution < -0.4 is 9.47 Å². The normalized spacial score (nSPS) is 8.07. The Hall–Kier alpha value is -2.55. The molecule has 0 aliphatic carbocycles. The second-order valence-corrected chi connectivity index (χ2v) is 4.80. The van der Waals surface area contributed by atoms with Crippen molar-refractivity contribution in [2.24, 2.45) is 0 Å². The van der Waals surface area contributed by atoms with E-state index < -0.39 is 0 Å². The van der Waals surface area contributed by atoms with E-state index >= 15 is 0 Å². The first-order valence-corrected chi connectivity index (χ1v) is 8.20. The molecule has 4 aromatic carbocycles. The van der Waals surface area contributed by atoms with Gasteiger partial charge in [0.25, 0.3) is 0 Å². The third-order valence-electron chi connectivity index (χ3n) is 2.96. The van der Waals surface area contributed by atoms with Gasteiger partial charge in [-0.1, -0.05) is 0 Å². The maximum atomic E-state index is 4.89. The van der Waals surface area contributed by atoms with Gasteiger partial charge < -0.3 is 9.47 Å². The average molecular weight is 392 g/mol. The molecule has 0 radical (unpaired) electrons. The maximum absolute atomic E-state index is 4.89. The fourth-order valence-corrected chi connectivity index (χ4v) is 1.66. The van der Waals surface area contributed by atoms with Crippen molar-refractivity contribution >= 4 is 0 Å². The van der Waals surface area contributed by atoms with Crippen LogP contribution in [0, 0.1) is 12.1 Å². The smallest absolute Gasteiger partial charge is 0.522 e. The topological polar surface area (TPSA) is 18.5 Å². The Balaban J connectivity index is 0.000000337.